The molecule has 2 N–H and O–H groups in total. The Morgan fingerprint density at radius 2 is 1.84 bits per heavy atom. The number of ether oxygens (including phenoxy) is 1. The molecule has 3 nitrogen and oxygen atoms in total. The van der Waals surface area contributed by atoms with E-state index in [-0.39, 0.29) is 12.1 Å². The molecule has 2 atom stereocenters. The van der Waals surface area contributed by atoms with E-state index in [0.717, 1.165) is 5.56 Å². The zero-order valence-electron chi connectivity index (χ0n) is 10.4. The molecule has 0 aliphatic carbocycles. The Morgan fingerprint density at radius 1 is 1.16 bits per heavy atom. The molecule has 0 aliphatic rings. The highest BCUT2D eigenvalue weighted by molar-refractivity contribution is 6.34. The lowest BCUT2D eigenvalue weighted by molar-refractivity contribution is 0.180. The minimum absolute atomic E-state index is 0.197. The molecule has 0 bridgehead atoms. The van der Waals surface area contributed by atoms with Crippen molar-refractivity contribution in [3.8, 4) is 5.75 Å². The number of nitrogens with two attached hydrogens (primary N) is 1. The van der Waals surface area contributed by atoms with Crippen molar-refractivity contribution < 1.29 is 4.74 Å². The minimum Gasteiger partial charge on any atom is -0.482 e. The van der Waals surface area contributed by atoms with Gasteiger partial charge in [-0.2, -0.15) is 0 Å². The zero-order valence-corrected chi connectivity index (χ0v) is 11.9. The lowest BCUT2D eigenvalue weighted by Crippen LogP contribution is -2.29. The third-order valence-corrected chi connectivity index (χ3v) is 3.21. The monoisotopic (exact) mass is 296 g/mol. The summed E-state index contributed by atoms with van der Waals surface area (Å²) in [6, 6.07) is 8.63. The largest absolute Gasteiger partial charge is 0.482 e. The van der Waals surface area contributed by atoms with Gasteiger partial charge in [0.2, 0.25) is 0 Å². The van der Waals surface area contributed by atoms with E-state index in [9.17, 15) is 0 Å². The van der Waals surface area contributed by atoms with E-state index in [1.807, 2.05) is 19.1 Å². The predicted molar refractivity (Wildman–Crippen MR) is 77.7 cm³/mol. The van der Waals surface area contributed by atoms with Gasteiger partial charge < -0.3 is 10.5 Å². The first kappa shape index (κ1) is 14.1. The maximum absolute atomic E-state index is 6.10. The molecule has 19 heavy (non-hydrogen) atoms. The van der Waals surface area contributed by atoms with E-state index in [1.54, 1.807) is 30.6 Å². The number of nitrogens with zero attached hydrogens (tertiary/aromatic N) is 1. The molecule has 0 fully saturated rings. The summed E-state index contributed by atoms with van der Waals surface area (Å²) >= 11 is 12.0. The molecule has 0 radical (unpaired) electrons. The van der Waals surface area contributed by atoms with Gasteiger partial charge in [-0.25, -0.2) is 0 Å². The molecule has 100 valence electrons. The van der Waals surface area contributed by atoms with Crippen LogP contribution < -0.4 is 10.5 Å². The molecule has 0 saturated carbocycles. The van der Waals surface area contributed by atoms with Crippen molar-refractivity contribution in [3.63, 3.8) is 0 Å². The first-order chi connectivity index (χ1) is 9.08. The van der Waals surface area contributed by atoms with Crippen LogP contribution in [0.5, 0.6) is 5.75 Å². The summed E-state index contributed by atoms with van der Waals surface area (Å²) in [6.45, 7) is 1.88. The van der Waals surface area contributed by atoms with Crippen molar-refractivity contribution in [1.82, 2.24) is 4.98 Å². The highest BCUT2D eigenvalue weighted by atomic mass is 35.5. The highest BCUT2D eigenvalue weighted by Gasteiger charge is 2.19. The average molecular weight is 297 g/mol. The summed E-state index contributed by atoms with van der Waals surface area (Å²) in [6.07, 6.45) is 3.10. The van der Waals surface area contributed by atoms with Gasteiger partial charge in [-0.15, -0.1) is 0 Å². The van der Waals surface area contributed by atoms with E-state index >= 15 is 0 Å². The number of hydrogen-bond acceptors (Lipinski definition) is 3. The van der Waals surface area contributed by atoms with Crippen LogP contribution in [0.2, 0.25) is 10.0 Å². The molecular weight excluding hydrogens is 283 g/mol. The topological polar surface area (TPSA) is 48.1 Å². The summed E-state index contributed by atoms with van der Waals surface area (Å²) in [5.74, 6) is 0.522. The fourth-order valence-corrected chi connectivity index (χ4v) is 2.06. The molecule has 0 amide bonds. The molecule has 1 aromatic carbocycles. The standard InChI is InChI=1S/C14H14Cl2N2O/c1-9(17)14(10-4-6-18-7-5-10)19-13-8-11(15)2-3-12(13)16/h2-9,14H,17H2,1H3. The Hall–Kier alpha value is -1.29. The Kier molecular flexibility index (Phi) is 4.64. The minimum atomic E-state index is -0.307. The van der Waals surface area contributed by atoms with Crippen LogP contribution in [0.4, 0.5) is 0 Å². The van der Waals surface area contributed by atoms with Gasteiger partial charge in [-0.3, -0.25) is 4.98 Å². The van der Waals surface area contributed by atoms with Crippen LogP contribution in [0.25, 0.3) is 0 Å². The molecular formula is C14H14Cl2N2O. The number of rotatable bonds is 4. The number of hydrogen-bond donors (Lipinski definition) is 1. The van der Waals surface area contributed by atoms with Crippen LogP contribution >= 0.6 is 23.2 Å². The van der Waals surface area contributed by atoms with Crippen molar-refractivity contribution in [2.24, 2.45) is 5.73 Å². The number of benzene rings is 1. The first-order valence-electron chi connectivity index (χ1n) is 5.85. The van der Waals surface area contributed by atoms with Gasteiger partial charge in [-0.1, -0.05) is 23.2 Å². The maximum Gasteiger partial charge on any atom is 0.140 e. The molecule has 0 aliphatic heterocycles. The second kappa shape index (κ2) is 6.24. The van der Waals surface area contributed by atoms with Gasteiger partial charge in [0, 0.05) is 29.5 Å². The molecule has 1 heterocycles. The summed E-state index contributed by atoms with van der Waals surface area (Å²) in [7, 11) is 0. The summed E-state index contributed by atoms with van der Waals surface area (Å²) in [4.78, 5) is 3.98. The highest BCUT2D eigenvalue weighted by Crippen LogP contribution is 2.32. The number of aromatic nitrogens is 1. The lowest BCUT2D eigenvalue weighted by atomic mass is 10.1. The van der Waals surface area contributed by atoms with Crippen molar-refractivity contribution in [3.05, 3.63) is 58.3 Å². The van der Waals surface area contributed by atoms with Gasteiger partial charge in [-0.05, 0) is 36.8 Å². The Bertz CT molecular complexity index is 546. The Balaban J connectivity index is 2.29. The molecule has 1 aromatic heterocycles. The van der Waals surface area contributed by atoms with Gasteiger partial charge in [0.05, 0.1) is 5.02 Å². The first-order valence-corrected chi connectivity index (χ1v) is 6.60. The molecule has 2 unspecified atom stereocenters. The smallest absolute Gasteiger partial charge is 0.140 e. The predicted octanol–water partition coefficient (Wildman–Crippen LogP) is 3.86. The van der Waals surface area contributed by atoms with E-state index in [4.69, 9.17) is 33.7 Å². The second-order valence-electron chi connectivity index (χ2n) is 4.25. The van der Waals surface area contributed by atoms with E-state index in [0.29, 0.717) is 15.8 Å². The van der Waals surface area contributed by atoms with E-state index < -0.39 is 0 Å². The third kappa shape index (κ3) is 3.60. The summed E-state index contributed by atoms with van der Waals surface area (Å²) < 4.78 is 5.90. The van der Waals surface area contributed by atoms with Crippen LogP contribution in [-0.2, 0) is 0 Å². The van der Waals surface area contributed by atoms with Crippen LogP contribution in [0.15, 0.2) is 42.7 Å². The van der Waals surface area contributed by atoms with Crippen LogP contribution in [0.3, 0.4) is 0 Å². The average Bonchev–Trinajstić information content (AvgIpc) is 2.40. The zero-order chi connectivity index (χ0) is 13.8. The van der Waals surface area contributed by atoms with Gasteiger partial charge in [0.1, 0.15) is 11.9 Å². The maximum atomic E-state index is 6.10. The van der Waals surface area contributed by atoms with Crippen molar-refractivity contribution in [2.45, 2.75) is 19.1 Å². The van der Waals surface area contributed by atoms with Crippen LogP contribution in [0, 0.1) is 0 Å². The van der Waals surface area contributed by atoms with Crippen molar-refractivity contribution >= 4 is 23.2 Å². The van der Waals surface area contributed by atoms with E-state index in [1.165, 1.54) is 0 Å². The van der Waals surface area contributed by atoms with Crippen molar-refractivity contribution in [2.75, 3.05) is 0 Å². The van der Waals surface area contributed by atoms with Gasteiger partial charge in [0.25, 0.3) is 0 Å². The second-order valence-corrected chi connectivity index (χ2v) is 5.10. The lowest BCUT2D eigenvalue weighted by Gasteiger charge is -2.23. The fraction of sp³-hybridized carbons (Fsp3) is 0.214. The number of pyridine rings is 1. The fourth-order valence-electron chi connectivity index (χ4n) is 1.74. The van der Waals surface area contributed by atoms with Crippen LogP contribution in [0.1, 0.15) is 18.6 Å². The van der Waals surface area contributed by atoms with Crippen molar-refractivity contribution in [1.29, 1.82) is 0 Å². The summed E-state index contributed by atoms with van der Waals surface area (Å²) in [5, 5.41) is 1.07. The molecule has 2 rings (SSSR count). The SMILES string of the molecule is CC(N)C(Oc1cc(Cl)ccc1Cl)c1ccncc1. The Labute approximate surface area is 122 Å². The molecule has 5 heteroatoms. The Morgan fingerprint density at radius 3 is 2.47 bits per heavy atom. The normalized spacial score (nSPS) is 13.9. The molecule has 2 aromatic rings. The molecule has 0 saturated heterocycles. The summed E-state index contributed by atoms with van der Waals surface area (Å²) in [5.41, 5.74) is 6.93. The van der Waals surface area contributed by atoms with E-state index in [2.05, 4.69) is 4.98 Å². The van der Waals surface area contributed by atoms with Gasteiger partial charge >= 0.3 is 0 Å². The quantitative estimate of drug-likeness (QED) is 0.932. The van der Waals surface area contributed by atoms with Gasteiger partial charge in [0.15, 0.2) is 0 Å². The van der Waals surface area contributed by atoms with Crippen LogP contribution in [-0.4, -0.2) is 11.0 Å². The molecule has 0 spiro atoms. The number of halogens is 2. The third-order valence-electron chi connectivity index (χ3n) is 2.66.